The smallest absolute Gasteiger partial charge is 0.0873 e. The van der Waals surface area contributed by atoms with Crippen molar-refractivity contribution < 1.29 is 0 Å². The van der Waals surface area contributed by atoms with Crippen molar-refractivity contribution in [1.82, 2.24) is 20.1 Å². The van der Waals surface area contributed by atoms with Crippen LogP contribution in [-0.4, -0.2) is 21.3 Å². The fourth-order valence-corrected chi connectivity index (χ4v) is 1.68. The van der Waals surface area contributed by atoms with E-state index in [9.17, 15) is 0 Å². The monoisotopic (exact) mass is 230 g/mol. The molecule has 0 radical (unpaired) electrons. The Balaban J connectivity index is 2.11. The van der Waals surface area contributed by atoms with Gasteiger partial charge in [0, 0.05) is 25.1 Å². The fraction of sp³-hybridized carbons (Fsp3) is 0.385. The van der Waals surface area contributed by atoms with Gasteiger partial charge in [-0.05, 0) is 30.2 Å². The maximum absolute atomic E-state index is 4.24. The summed E-state index contributed by atoms with van der Waals surface area (Å²) >= 11 is 0. The molecule has 0 atom stereocenters. The molecule has 0 aliphatic carbocycles. The molecule has 0 saturated heterocycles. The average Bonchev–Trinajstić information content (AvgIpc) is 2.82. The van der Waals surface area contributed by atoms with Crippen LogP contribution in [0.1, 0.15) is 19.4 Å². The molecule has 4 nitrogen and oxygen atoms in total. The van der Waals surface area contributed by atoms with Crippen molar-refractivity contribution in [2.75, 3.05) is 6.54 Å². The second-order valence-electron chi connectivity index (χ2n) is 4.48. The topological polar surface area (TPSA) is 42.7 Å². The number of hydrogen-bond acceptors (Lipinski definition) is 3. The molecule has 0 aliphatic rings. The standard InChI is InChI=1S/C13H18N4/c1-11(2)8-15-9-12-4-6-14-10-13(12)17-7-3-5-16-17/h3-7,10-11,15H,8-9H2,1-2H3. The van der Waals surface area contributed by atoms with Crippen molar-refractivity contribution in [2.45, 2.75) is 20.4 Å². The molecule has 0 fully saturated rings. The predicted octanol–water partition coefficient (Wildman–Crippen LogP) is 2.01. The van der Waals surface area contributed by atoms with Gasteiger partial charge in [-0.3, -0.25) is 4.98 Å². The van der Waals surface area contributed by atoms with Crippen LogP contribution in [-0.2, 0) is 6.54 Å². The zero-order valence-corrected chi connectivity index (χ0v) is 10.3. The molecule has 0 aliphatic heterocycles. The van der Waals surface area contributed by atoms with Gasteiger partial charge in [0.25, 0.3) is 0 Å². The quantitative estimate of drug-likeness (QED) is 0.854. The van der Waals surface area contributed by atoms with Gasteiger partial charge in [-0.2, -0.15) is 5.10 Å². The molecular formula is C13H18N4. The Kier molecular flexibility index (Phi) is 3.88. The van der Waals surface area contributed by atoms with E-state index in [-0.39, 0.29) is 0 Å². The van der Waals surface area contributed by atoms with E-state index in [2.05, 4.69) is 29.2 Å². The Labute approximate surface area is 102 Å². The number of aromatic nitrogens is 3. The Morgan fingerprint density at radius 2 is 2.24 bits per heavy atom. The second kappa shape index (κ2) is 5.59. The first-order valence-corrected chi connectivity index (χ1v) is 5.91. The van der Waals surface area contributed by atoms with Crippen molar-refractivity contribution in [3.8, 4) is 5.69 Å². The average molecular weight is 230 g/mol. The van der Waals surface area contributed by atoms with Crippen LogP contribution >= 0.6 is 0 Å². The van der Waals surface area contributed by atoms with Crippen LogP contribution in [0.25, 0.3) is 5.69 Å². The summed E-state index contributed by atoms with van der Waals surface area (Å²) < 4.78 is 1.85. The van der Waals surface area contributed by atoms with Crippen LogP contribution in [0.3, 0.4) is 0 Å². The number of rotatable bonds is 5. The SMILES string of the molecule is CC(C)CNCc1ccncc1-n1cccn1. The van der Waals surface area contributed by atoms with Gasteiger partial charge in [0.05, 0.1) is 11.9 Å². The highest BCUT2D eigenvalue weighted by Crippen LogP contribution is 2.11. The van der Waals surface area contributed by atoms with Gasteiger partial charge in [0.1, 0.15) is 0 Å². The van der Waals surface area contributed by atoms with Gasteiger partial charge in [-0.25, -0.2) is 4.68 Å². The van der Waals surface area contributed by atoms with E-state index in [1.807, 2.05) is 35.4 Å². The minimum atomic E-state index is 0.657. The molecule has 0 amide bonds. The van der Waals surface area contributed by atoms with Crippen molar-refractivity contribution in [2.24, 2.45) is 5.92 Å². The van der Waals surface area contributed by atoms with Crippen LogP contribution in [0.4, 0.5) is 0 Å². The zero-order chi connectivity index (χ0) is 12.1. The highest BCUT2D eigenvalue weighted by Gasteiger charge is 2.04. The summed E-state index contributed by atoms with van der Waals surface area (Å²) in [4.78, 5) is 4.16. The van der Waals surface area contributed by atoms with E-state index in [0.717, 1.165) is 18.8 Å². The minimum Gasteiger partial charge on any atom is -0.312 e. The summed E-state index contributed by atoms with van der Waals surface area (Å²) in [5.41, 5.74) is 2.25. The van der Waals surface area contributed by atoms with Crippen LogP contribution < -0.4 is 5.32 Å². The number of pyridine rings is 1. The predicted molar refractivity (Wildman–Crippen MR) is 67.9 cm³/mol. The summed E-state index contributed by atoms with van der Waals surface area (Å²) in [6, 6.07) is 3.95. The van der Waals surface area contributed by atoms with Gasteiger partial charge in [0.2, 0.25) is 0 Å². The molecule has 1 N–H and O–H groups in total. The molecule has 0 spiro atoms. The molecule has 2 aromatic rings. The highest BCUT2D eigenvalue weighted by molar-refractivity contribution is 5.37. The Bertz CT molecular complexity index is 448. The molecule has 4 heteroatoms. The molecule has 2 heterocycles. The third kappa shape index (κ3) is 3.14. The van der Waals surface area contributed by atoms with Crippen LogP contribution in [0.2, 0.25) is 0 Å². The first-order chi connectivity index (χ1) is 8.27. The molecular weight excluding hydrogens is 212 g/mol. The normalized spacial score (nSPS) is 11.0. The lowest BCUT2D eigenvalue weighted by molar-refractivity contribution is 0.551. The minimum absolute atomic E-state index is 0.657. The van der Waals surface area contributed by atoms with E-state index in [4.69, 9.17) is 0 Å². The van der Waals surface area contributed by atoms with E-state index in [0.29, 0.717) is 5.92 Å². The first kappa shape index (κ1) is 11.8. The molecule has 0 aromatic carbocycles. The van der Waals surface area contributed by atoms with Crippen molar-refractivity contribution in [1.29, 1.82) is 0 Å². The van der Waals surface area contributed by atoms with Crippen molar-refractivity contribution in [3.05, 3.63) is 42.5 Å². The second-order valence-corrected chi connectivity index (χ2v) is 4.48. The fourth-order valence-electron chi connectivity index (χ4n) is 1.68. The van der Waals surface area contributed by atoms with Crippen molar-refractivity contribution in [3.63, 3.8) is 0 Å². The maximum atomic E-state index is 4.24. The lowest BCUT2D eigenvalue weighted by atomic mass is 10.2. The Morgan fingerprint density at radius 1 is 1.35 bits per heavy atom. The lowest BCUT2D eigenvalue weighted by Gasteiger charge is -2.11. The highest BCUT2D eigenvalue weighted by atomic mass is 15.3. The molecule has 17 heavy (non-hydrogen) atoms. The largest absolute Gasteiger partial charge is 0.312 e. The van der Waals surface area contributed by atoms with Gasteiger partial charge in [-0.1, -0.05) is 13.8 Å². The Morgan fingerprint density at radius 3 is 2.94 bits per heavy atom. The van der Waals surface area contributed by atoms with Crippen LogP contribution in [0.15, 0.2) is 36.9 Å². The van der Waals surface area contributed by atoms with Gasteiger partial charge in [0.15, 0.2) is 0 Å². The number of nitrogens with zero attached hydrogens (tertiary/aromatic N) is 3. The van der Waals surface area contributed by atoms with E-state index >= 15 is 0 Å². The van der Waals surface area contributed by atoms with E-state index in [1.54, 1.807) is 6.20 Å². The lowest BCUT2D eigenvalue weighted by Crippen LogP contribution is -2.20. The molecule has 90 valence electrons. The molecule has 0 saturated carbocycles. The molecule has 2 aromatic heterocycles. The summed E-state index contributed by atoms with van der Waals surface area (Å²) in [6.07, 6.45) is 7.38. The van der Waals surface area contributed by atoms with E-state index in [1.165, 1.54) is 5.56 Å². The molecule has 0 bridgehead atoms. The molecule has 2 rings (SSSR count). The zero-order valence-electron chi connectivity index (χ0n) is 10.3. The van der Waals surface area contributed by atoms with Crippen LogP contribution in [0.5, 0.6) is 0 Å². The number of nitrogens with one attached hydrogen (secondary N) is 1. The number of hydrogen-bond donors (Lipinski definition) is 1. The Hall–Kier alpha value is -1.68. The van der Waals surface area contributed by atoms with E-state index < -0.39 is 0 Å². The summed E-state index contributed by atoms with van der Waals surface area (Å²) in [6.45, 7) is 6.26. The first-order valence-electron chi connectivity index (χ1n) is 5.91. The van der Waals surface area contributed by atoms with Gasteiger partial charge < -0.3 is 5.32 Å². The summed E-state index contributed by atoms with van der Waals surface area (Å²) in [5.74, 6) is 0.657. The third-order valence-corrected chi connectivity index (χ3v) is 2.51. The third-order valence-electron chi connectivity index (χ3n) is 2.51. The summed E-state index contributed by atoms with van der Waals surface area (Å²) in [5, 5.41) is 7.67. The maximum Gasteiger partial charge on any atom is 0.0873 e. The van der Waals surface area contributed by atoms with Gasteiger partial charge in [-0.15, -0.1) is 0 Å². The van der Waals surface area contributed by atoms with Crippen molar-refractivity contribution >= 4 is 0 Å². The van der Waals surface area contributed by atoms with Gasteiger partial charge >= 0.3 is 0 Å². The molecule has 0 unspecified atom stereocenters. The van der Waals surface area contributed by atoms with Crippen LogP contribution in [0, 0.1) is 5.92 Å². The summed E-state index contributed by atoms with van der Waals surface area (Å²) in [7, 11) is 0.